The molecule has 0 bridgehead atoms. The number of nitro groups is 1. The van der Waals surface area contributed by atoms with Gasteiger partial charge in [0.05, 0.1) is 9.82 Å². The van der Waals surface area contributed by atoms with Gasteiger partial charge in [-0.25, -0.2) is 8.42 Å². The molecule has 2 aromatic carbocycles. The molecule has 0 amide bonds. The first kappa shape index (κ1) is 21.4. The van der Waals surface area contributed by atoms with E-state index >= 15 is 0 Å². The summed E-state index contributed by atoms with van der Waals surface area (Å²) in [7, 11) is -3.83. The summed E-state index contributed by atoms with van der Waals surface area (Å²) < 4.78 is 37.1. The highest BCUT2D eigenvalue weighted by molar-refractivity contribution is 7.89. The summed E-state index contributed by atoms with van der Waals surface area (Å²) in [6, 6.07) is 10.2. The molecule has 0 radical (unpaired) electrons. The van der Waals surface area contributed by atoms with Crippen LogP contribution in [0.25, 0.3) is 11.4 Å². The molecule has 0 aliphatic rings. The van der Waals surface area contributed by atoms with Crippen molar-refractivity contribution < 1.29 is 22.6 Å². The molecule has 3 aromatic rings. The molecule has 0 fully saturated rings. The summed E-state index contributed by atoms with van der Waals surface area (Å²) in [4.78, 5) is 14.8. The van der Waals surface area contributed by atoms with Crippen molar-refractivity contribution in [2.75, 3.05) is 13.1 Å². The third-order valence-corrected chi connectivity index (χ3v) is 6.38. The number of nitrogens with zero attached hydrogens (tertiary/aromatic N) is 4. The molecule has 0 unspecified atom stereocenters. The molecule has 0 atom stereocenters. The molecule has 1 heterocycles. The summed E-state index contributed by atoms with van der Waals surface area (Å²) in [6.45, 7) is 5.60. The van der Waals surface area contributed by atoms with Gasteiger partial charge in [0.15, 0.2) is 0 Å². The average molecular weight is 432 g/mol. The summed E-state index contributed by atoms with van der Waals surface area (Å²) in [5.41, 5.74) is 0.246. The predicted molar refractivity (Wildman–Crippen MR) is 108 cm³/mol. The predicted octanol–water partition coefficient (Wildman–Crippen LogP) is 3.78. The Morgan fingerprint density at radius 3 is 2.33 bits per heavy atom. The second-order valence-corrected chi connectivity index (χ2v) is 8.18. The smallest absolute Gasteiger partial charge is 0.312 e. The number of hydrogen-bond donors (Lipinski definition) is 0. The van der Waals surface area contributed by atoms with Crippen molar-refractivity contribution in [1.29, 1.82) is 0 Å². The van der Waals surface area contributed by atoms with E-state index < -0.39 is 20.6 Å². The van der Waals surface area contributed by atoms with E-state index in [1.54, 1.807) is 45.0 Å². The van der Waals surface area contributed by atoms with E-state index in [0.717, 1.165) is 6.07 Å². The summed E-state index contributed by atoms with van der Waals surface area (Å²) >= 11 is 0. The molecule has 0 saturated heterocycles. The zero-order valence-electron chi connectivity index (χ0n) is 16.6. The Balaban J connectivity index is 1.90. The van der Waals surface area contributed by atoms with Gasteiger partial charge in [0.1, 0.15) is 5.75 Å². The Hall–Kier alpha value is -3.31. The quantitative estimate of drug-likeness (QED) is 0.388. The summed E-state index contributed by atoms with van der Waals surface area (Å²) in [5, 5.41) is 15.4. The van der Waals surface area contributed by atoms with Crippen LogP contribution in [0, 0.1) is 17.0 Å². The SMILES string of the molecule is CCN(CC)S(=O)(=O)c1ccc(Oc2ccc(-c3noc(C)n3)cc2)c([N+](=O)[O-])c1. The van der Waals surface area contributed by atoms with Crippen molar-refractivity contribution in [3.63, 3.8) is 0 Å². The number of rotatable bonds is 8. The van der Waals surface area contributed by atoms with E-state index in [-0.39, 0.29) is 23.7 Å². The average Bonchev–Trinajstić information content (AvgIpc) is 3.15. The van der Waals surface area contributed by atoms with E-state index in [0.29, 0.717) is 23.0 Å². The van der Waals surface area contributed by atoms with Crippen LogP contribution in [0.1, 0.15) is 19.7 Å². The lowest BCUT2D eigenvalue weighted by Crippen LogP contribution is -2.30. The number of aromatic nitrogens is 2. The van der Waals surface area contributed by atoms with Gasteiger partial charge in [-0.1, -0.05) is 19.0 Å². The molecule has 0 aliphatic heterocycles. The van der Waals surface area contributed by atoms with Crippen molar-refractivity contribution in [3.8, 4) is 22.9 Å². The molecule has 11 heteroatoms. The first-order chi connectivity index (χ1) is 14.3. The van der Waals surface area contributed by atoms with Crippen LogP contribution in [0.2, 0.25) is 0 Å². The van der Waals surface area contributed by atoms with Crippen molar-refractivity contribution in [3.05, 3.63) is 58.5 Å². The largest absolute Gasteiger partial charge is 0.450 e. The lowest BCUT2D eigenvalue weighted by Gasteiger charge is -2.18. The number of ether oxygens (including phenoxy) is 1. The van der Waals surface area contributed by atoms with Crippen LogP contribution in [0.15, 0.2) is 51.9 Å². The molecule has 158 valence electrons. The van der Waals surface area contributed by atoms with Gasteiger partial charge in [0.2, 0.25) is 27.5 Å². The van der Waals surface area contributed by atoms with E-state index in [1.165, 1.54) is 16.4 Å². The maximum Gasteiger partial charge on any atom is 0.312 e. The molecule has 0 saturated carbocycles. The number of benzene rings is 2. The normalized spacial score (nSPS) is 11.6. The van der Waals surface area contributed by atoms with Crippen LogP contribution in [0.5, 0.6) is 11.5 Å². The molecule has 3 rings (SSSR count). The van der Waals surface area contributed by atoms with Gasteiger partial charge in [-0.2, -0.15) is 9.29 Å². The van der Waals surface area contributed by atoms with E-state index in [9.17, 15) is 18.5 Å². The number of sulfonamides is 1. The van der Waals surface area contributed by atoms with Gasteiger partial charge in [-0.05, 0) is 36.4 Å². The van der Waals surface area contributed by atoms with Gasteiger partial charge in [0, 0.05) is 31.6 Å². The van der Waals surface area contributed by atoms with Crippen LogP contribution < -0.4 is 4.74 Å². The van der Waals surface area contributed by atoms with Gasteiger partial charge < -0.3 is 9.26 Å². The Morgan fingerprint density at radius 2 is 1.80 bits per heavy atom. The second-order valence-electron chi connectivity index (χ2n) is 6.24. The molecule has 1 aromatic heterocycles. The second kappa shape index (κ2) is 8.59. The highest BCUT2D eigenvalue weighted by Crippen LogP contribution is 2.34. The van der Waals surface area contributed by atoms with Crippen molar-refractivity contribution in [2.45, 2.75) is 25.7 Å². The standard InChI is InChI=1S/C19H20N4O6S/c1-4-22(5-2)30(26,27)16-10-11-18(17(12-16)23(24)25)28-15-8-6-14(7-9-15)19-20-13(3)29-21-19/h6-12H,4-5H2,1-3H3. The molecule has 0 spiro atoms. The monoisotopic (exact) mass is 432 g/mol. The Bertz CT molecular complexity index is 1150. The number of aryl methyl sites for hydroxylation is 1. The maximum atomic E-state index is 12.7. The minimum absolute atomic E-state index is 0.0679. The zero-order valence-corrected chi connectivity index (χ0v) is 17.4. The fourth-order valence-electron chi connectivity index (χ4n) is 2.81. The molecular formula is C19H20N4O6S. The van der Waals surface area contributed by atoms with Crippen LogP contribution in [0.3, 0.4) is 0 Å². The molecule has 0 N–H and O–H groups in total. The minimum Gasteiger partial charge on any atom is -0.450 e. The van der Waals surface area contributed by atoms with Gasteiger partial charge in [-0.15, -0.1) is 0 Å². The van der Waals surface area contributed by atoms with Crippen LogP contribution >= 0.6 is 0 Å². The molecule has 10 nitrogen and oxygen atoms in total. The Labute approximate surface area is 173 Å². The third-order valence-electron chi connectivity index (χ3n) is 4.34. The zero-order chi connectivity index (χ0) is 21.9. The van der Waals surface area contributed by atoms with E-state index in [2.05, 4.69) is 10.1 Å². The first-order valence-electron chi connectivity index (χ1n) is 9.13. The lowest BCUT2D eigenvalue weighted by molar-refractivity contribution is -0.385. The van der Waals surface area contributed by atoms with Gasteiger partial charge in [0.25, 0.3) is 0 Å². The number of nitro benzene ring substituents is 1. The lowest BCUT2D eigenvalue weighted by atomic mass is 10.2. The van der Waals surface area contributed by atoms with Crippen molar-refractivity contribution >= 4 is 15.7 Å². The highest BCUT2D eigenvalue weighted by atomic mass is 32.2. The van der Waals surface area contributed by atoms with Gasteiger partial charge in [-0.3, -0.25) is 10.1 Å². The third kappa shape index (κ3) is 4.31. The van der Waals surface area contributed by atoms with E-state index in [4.69, 9.17) is 9.26 Å². The first-order valence-corrected chi connectivity index (χ1v) is 10.6. The highest BCUT2D eigenvalue weighted by Gasteiger charge is 2.26. The fourth-order valence-corrected chi connectivity index (χ4v) is 4.29. The van der Waals surface area contributed by atoms with Crippen molar-refractivity contribution in [1.82, 2.24) is 14.4 Å². The minimum atomic E-state index is -3.83. The van der Waals surface area contributed by atoms with Crippen LogP contribution in [0.4, 0.5) is 5.69 Å². The molecular weight excluding hydrogens is 412 g/mol. The maximum absolute atomic E-state index is 12.7. The molecule has 30 heavy (non-hydrogen) atoms. The van der Waals surface area contributed by atoms with Crippen LogP contribution in [-0.2, 0) is 10.0 Å². The number of hydrogen-bond acceptors (Lipinski definition) is 8. The van der Waals surface area contributed by atoms with Crippen LogP contribution in [-0.4, -0.2) is 40.9 Å². The summed E-state index contributed by atoms with van der Waals surface area (Å²) in [6.07, 6.45) is 0. The summed E-state index contributed by atoms with van der Waals surface area (Å²) in [5.74, 6) is 1.11. The topological polar surface area (TPSA) is 129 Å². The van der Waals surface area contributed by atoms with Gasteiger partial charge >= 0.3 is 5.69 Å². The van der Waals surface area contributed by atoms with E-state index in [1.807, 2.05) is 0 Å². The Kier molecular flexibility index (Phi) is 6.13. The molecule has 0 aliphatic carbocycles. The Morgan fingerprint density at radius 1 is 1.13 bits per heavy atom. The van der Waals surface area contributed by atoms with Crippen molar-refractivity contribution in [2.24, 2.45) is 0 Å². The fraction of sp³-hybridized carbons (Fsp3) is 0.263.